The largest absolute Gasteiger partial charge is 0.496 e. The summed E-state index contributed by atoms with van der Waals surface area (Å²) in [5, 5.41) is 11.5. The van der Waals surface area contributed by atoms with Gasteiger partial charge >= 0.3 is 0 Å². The molecule has 9 nitrogen and oxygen atoms in total. The van der Waals surface area contributed by atoms with Gasteiger partial charge in [-0.25, -0.2) is 4.98 Å². The summed E-state index contributed by atoms with van der Waals surface area (Å²) in [6.07, 6.45) is 6.51. The van der Waals surface area contributed by atoms with E-state index in [1.165, 1.54) is 31.5 Å². The van der Waals surface area contributed by atoms with Gasteiger partial charge in [0, 0.05) is 31.7 Å². The molecule has 4 heterocycles. The molecule has 34 heavy (non-hydrogen) atoms. The van der Waals surface area contributed by atoms with Crippen molar-refractivity contribution in [1.29, 1.82) is 0 Å². The number of nitrogens with two attached hydrogens (primary N) is 1. The van der Waals surface area contributed by atoms with Crippen molar-refractivity contribution in [2.75, 3.05) is 50.9 Å². The Kier molecular flexibility index (Phi) is 6.56. The van der Waals surface area contributed by atoms with E-state index in [0.717, 1.165) is 67.2 Å². The standard InChI is InChI=1S/C25H36N8O/c1-3-4-9-28-23-22-20(30-24(26)31-23)13-29-33(22)15-19-6-5-18(12-21(19)34-2)14-32-11-8-25(17-32)7-10-27-16-25/h5-6,12-13,27H,3-4,7-11,14-17H2,1-2H3,(H3,26,28,30,31). The highest BCUT2D eigenvalue weighted by Gasteiger charge is 2.40. The number of methoxy groups -OCH3 is 1. The lowest BCUT2D eigenvalue weighted by Gasteiger charge is -2.23. The van der Waals surface area contributed by atoms with Crippen LogP contribution in [0.2, 0.25) is 0 Å². The third-order valence-corrected chi connectivity index (χ3v) is 7.26. The van der Waals surface area contributed by atoms with Gasteiger partial charge in [0.05, 0.1) is 19.9 Å². The van der Waals surface area contributed by atoms with Gasteiger partial charge in [0.1, 0.15) is 16.8 Å². The fourth-order valence-electron chi connectivity index (χ4n) is 5.39. The summed E-state index contributed by atoms with van der Waals surface area (Å²) >= 11 is 0. The number of benzene rings is 1. The number of hydrogen-bond donors (Lipinski definition) is 3. The molecule has 9 heteroatoms. The van der Waals surface area contributed by atoms with E-state index in [2.05, 4.69) is 55.7 Å². The molecule has 2 aliphatic heterocycles. The van der Waals surface area contributed by atoms with Crippen molar-refractivity contribution in [3.05, 3.63) is 35.5 Å². The lowest BCUT2D eigenvalue weighted by Crippen LogP contribution is -2.28. The monoisotopic (exact) mass is 464 g/mol. The molecule has 3 aromatic rings. The zero-order chi connectivity index (χ0) is 23.5. The first kappa shape index (κ1) is 22.9. The molecular formula is C25H36N8O. The van der Waals surface area contributed by atoms with E-state index in [1.54, 1.807) is 13.3 Å². The number of ether oxygens (including phenoxy) is 1. The molecule has 0 bridgehead atoms. The van der Waals surface area contributed by atoms with Crippen LogP contribution in [0.5, 0.6) is 5.75 Å². The van der Waals surface area contributed by atoms with Gasteiger partial charge in [-0.2, -0.15) is 10.1 Å². The van der Waals surface area contributed by atoms with E-state index in [1.807, 2.05) is 4.68 Å². The minimum absolute atomic E-state index is 0.255. The molecule has 2 aliphatic rings. The molecule has 2 fully saturated rings. The van der Waals surface area contributed by atoms with Crippen LogP contribution < -0.4 is 21.1 Å². The minimum atomic E-state index is 0.255. The van der Waals surface area contributed by atoms with Crippen molar-refractivity contribution in [2.24, 2.45) is 5.41 Å². The summed E-state index contributed by atoms with van der Waals surface area (Å²) in [6, 6.07) is 6.55. The number of nitrogen functional groups attached to an aromatic ring is 1. The second-order valence-corrected chi connectivity index (χ2v) is 9.78. The average molecular weight is 465 g/mol. The summed E-state index contributed by atoms with van der Waals surface area (Å²) in [5.74, 6) is 1.87. The van der Waals surface area contributed by atoms with Gasteiger partial charge in [0.2, 0.25) is 5.95 Å². The second-order valence-electron chi connectivity index (χ2n) is 9.78. The fraction of sp³-hybridized carbons (Fsp3) is 0.560. The van der Waals surface area contributed by atoms with Crippen LogP contribution in [0, 0.1) is 5.41 Å². The van der Waals surface area contributed by atoms with Crippen LogP contribution in [0.4, 0.5) is 11.8 Å². The van der Waals surface area contributed by atoms with Gasteiger partial charge in [-0.1, -0.05) is 25.5 Å². The van der Waals surface area contributed by atoms with Gasteiger partial charge in [0.25, 0.3) is 0 Å². The Morgan fingerprint density at radius 3 is 2.94 bits per heavy atom. The van der Waals surface area contributed by atoms with Crippen LogP contribution >= 0.6 is 0 Å². The molecule has 1 unspecified atom stereocenters. The highest BCUT2D eigenvalue weighted by molar-refractivity contribution is 5.86. The Balaban J connectivity index is 1.34. The Morgan fingerprint density at radius 2 is 2.15 bits per heavy atom. The highest BCUT2D eigenvalue weighted by Crippen LogP contribution is 2.37. The van der Waals surface area contributed by atoms with E-state index < -0.39 is 0 Å². The van der Waals surface area contributed by atoms with Crippen LogP contribution in [0.1, 0.15) is 43.7 Å². The number of unbranched alkanes of at least 4 members (excludes halogenated alkanes) is 1. The summed E-state index contributed by atoms with van der Waals surface area (Å²) in [7, 11) is 1.74. The number of rotatable bonds is 9. The SMILES string of the molecule is CCCCNc1nc(N)nc2cnn(Cc3ccc(CN4CCC5(CCNC5)C4)cc3OC)c12. The number of fused-ring (bicyclic) bond motifs is 1. The quantitative estimate of drug-likeness (QED) is 0.415. The zero-order valence-corrected chi connectivity index (χ0v) is 20.3. The molecule has 4 N–H and O–H groups in total. The van der Waals surface area contributed by atoms with Crippen LogP contribution in [0.3, 0.4) is 0 Å². The fourth-order valence-corrected chi connectivity index (χ4v) is 5.39. The summed E-state index contributed by atoms with van der Waals surface area (Å²) < 4.78 is 7.73. The van der Waals surface area contributed by atoms with E-state index >= 15 is 0 Å². The average Bonchev–Trinajstić information content (AvgIpc) is 3.56. The molecule has 2 saturated heterocycles. The number of anilines is 2. The van der Waals surface area contributed by atoms with Crippen molar-refractivity contribution < 1.29 is 4.74 Å². The van der Waals surface area contributed by atoms with Gasteiger partial charge in [0.15, 0.2) is 5.82 Å². The third-order valence-electron chi connectivity index (χ3n) is 7.26. The first-order valence-electron chi connectivity index (χ1n) is 12.4. The number of nitrogens with zero attached hydrogens (tertiary/aromatic N) is 5. The number of hydrogen-bond acceptors (Lipinski definition) is 8. The Morgan fingerprint density at radius 1 is 1.24 bits per heavy atom. The molecule has 182 valence electrons. The molecule has 1 spiro atoms. The molecule has 5 rings (SSSR count). The van der Waals surface area contributed by atoms with Crippen molar-refractivity contribution in [2.45, 2.75) is 45.7 Å². The van der Waals surface area contributed by atoms with Crippen molar-refractivity contribution in [3.63, 3.8) is 0 Å². The maximum absolute atomic E-state index is 5.93. The topological polar surface area (TPSA) is 106 Å². The van der Waals surface area contributed by atoms with Crippen LogP contribution in [-0.4, -0.2) is 64.5 Å². The predicted molar refractivity (Wildman–Crippen MR) is 135 cm³/mol. The molecular weight excluding hydrogens is 428 g/mol. The minimum Gasteiger partial charge on any atom is -0.496 e. The van der Waals surface area contributed by atoms with Crippen LogP contribution in [0.25, 0.3) is 11.0 Å². The van der Waals surface area contributed by atoms with Crippen molar-refractivity contribution >= 4 is 22.8 Å². The van der Waals surface area contributed by atoms with E-state index in [9.17, 15) is 0 Å². The third kappa shape index (κ3) is 4.67. The van der Waals surface area contributed by atoms with Crippen molar-refractivity contribution in [1.82, 2.24) is 30.0 Å². The number of likely N-dealkylation sites (tertiary alicyclic amines) is 1. The van der Waals surface area contributed by atoms with E-state index in [4.69, 9.17) is 10.5 Å². The van der Waals surface area contributed by atoms with Gasteiger partial charge in [-0.05, 0) is 49.4 Å². The molecule has 0 aliphatic carbocycles. The molecule has 0 amide bonds. The smallest absolute Gasteiger partial charge is 0.222 e. The maximum Gasteiger partial charge on any atom is 0.222 e. The molecule has 0 saturated carbocycles. The lowest BCUT2D eigenvalue weighted by atomic mass is 9.86. The van der Waals surface area contributed by atoms with Crippen LogP contribution in [0.15, 0.2) is 24.4 Å². The predicted octanol–water partition coefficient (Wildman–Crippen LogP) is 2.86. The van der Waals surface area contributed by atoms with Gasteiger partial charge in [-0.15, -0.1) is 0 Å². The Labute approximate surface area is 201 Å². The molecule has 2 aromatic heterocycles. The molecule has 1 aromatic carbocycles. The number of nitrogens with one attached hydrogen (secondary N) is 2. The molecule has 0 radical (unpaired) electrons. The summed E-state index contributed by atoms with van der Waals surface area (Å²) in [6.45, 7) is 9.20. The first-order chi connectivity index (χ1) is 16.6. The maximum atomic E-state index is 5.93. The van der Waals surface area contributed by atoms with Crippen molar-refractivity contribution in [3.8, 4) is 5.75 Å². The van der Waals surface area contributed by atoms with E-state index in [0.29, 0.717) is 12.0 Å². The first-order valence-corrected chi connectivity index (χ1v) is 12.4. The normalized spacial score (nSPS) is 20.5. The summed E-state index contributed by atoms with van der Waals surface area (Å²) in [5.41, 5.74) is 10.4. The lowest BCUT2D eigenvalue weighted by molar-refractivity contribution is 0.268. The Bertz CT molecular complexity index is 1140. The van der Waals surface area contributed by atoms with Gasteiger partial charge in [-0.3, -0.25) is 9.58 Å². The zero-order valence-electron chi connectivity index (χ0n) is 20.3. The number of aromatic nitrogens is 4. The highest BCUT2D eigenvalue weighted by atomic mass is 16.5. The van der Waals surface area contributed by atoms with Crippen LogP contribution in [-0.2, 0) is 13.1 Å². The Hall–Kier alpha value is -2.91. The summed E-state index contributed by atoms with van der Waals surface area (Å²) in [4.78, 5) is 11.4. The van der Waals surface area contributed by atoms with Gasteiger partial charge < -0.3 is 21.1 Å². The van der Waals surface area contributed by atoms with E-state index in [-0.39, 0.29) is 5.95 Å². The molecule has 1 atom stereocenters. The second kappa shape index (κ2) is 9.76.